The summed E-state index contributed by atoms with van der Waals surface area (Å²) in [5.74, 6) is 0. The van der Waals surface area contributed by atoms with Gasteiger partial charge in [-0.05, 0) is 41.0 Å². The first-order valence-electron chi connectivity index (χ1n) is 10.0. The number of ether oxygens (including phenoxy) is 6. The van der Waals surface area contributed by atoms with Gasteiger partial charge in [-0.1, -0.05) is 6.92 Å². The van der Waals surface area contributed by atoms with Crippen molar-refractivity contribution in [2.75, 3.05) is 46.8 Å². The second-order valence-corrected chi connectivity index (χ2v) is 7.24. The molecule has 0 saturated heterocycles. The zero-order valence-electron chi connectivity index (χ0n) is 18.3. The number of hydrogen-bond donors (Lipinski definition) is 1. The van der Waals surface area contributed by atoms with Gasteiger partial charge < -0.3 is 33.5 Å². The van der Waals surface area contributed by atoms with Crippen LogP contribution in [-0.4, -0.2) is 88.5 Å². The lowest BCUT2D eigenvalue weighted by atomic mass is 10.3. The van der Waals surface area contributed by atoms with Gasteiger partial charge in [-0.2, -0.15) is 0 Å². The Bertz CT molecular complexity index is 329. The number of hydrogen-bond acceptors (Lipinski definition) is 7. The smallest absolute Gasteiger partial charge is 0.0781 e. The largest absolute Gasteiger partial charge is 0.391 e. The summed E-state index contributed by atoms with van der Waals surface area (Å²) in [5.41, 5.74) is 0. The van der Waals surface area contributed by atoms with Crippen LogP contribution in [0.4, 0.5) is 0 Å². The van der Waals surface area contributed by atoms with Crippen molar-refractivity contribution >= 4 is 0 Å². The molecule has 7 heteroatoms. The average Bonchev–Trinajstić information content (AvgIpc) is 2.65. The minimum Gasteiger partial charge on any atom is -0.391 e. The van der Waals surface area contributed by atoms with E-state index in [1.807, 2.05) is 41.5 Å². The fourth-order valence-corrected chi connectivity index (χ4v) is 2.07. The Morgan fingerprint density at radius 1 is 0.556 bits per heavy atom. The molecule has 0 aromatic carbocycles. The highest BCUT2D eigenvalue weighted by Gasteiger charge is 2.13. The van der Waals surface area contributed by atoms with Crippen LogP contribution in [0.3, 0.4) is 0 Å². The normalized spacial score (nSPS) is 18.7. The first kappa shape index (κ1) is 26.7. The van der Waals surface area contributed by atoms with Crippen LogP contribution in [0.5, 0.6) is 0 Å². The monoisotopic (exact) mass is 394 g/mol. The van der Waals surface area contributed by atoms with E-state index >= 15 is 0 Å². The van der Waals surface area contributed by atoms with Crippen LogP contribution in [0.15, 0.2) is 0 Å². The third-order valence-electron chi connectivity index (χ3n) is 3.91. The molecule has 0 heterocycles. The minimum atomic E-state index is -0.412. The molecule has 0 saturated carbocycles. The van der Waals surface area contributed by atoms with Crippen molar-refractivity contribution in [2.45, 2.75) is 84.6 Å². The zero-order chi connectivity index (χ0) is 20.7. The van der Waals surface area contributed by atoms with Crippen LogP contribution in [0.1, 0.15) is 48.0 Å². The molecule has 0 bridgehead atoms. The van der Waals surface area contributed by atoms with Crippen molar-refractivity contribution in [1.82, 2.24) is 0 Å². The Balaban J connectivity index is 3.74. The Hall–Kier alpha value is -0.280. The summed E-state index contributed by atoms with van der Waals surface area (Å²) in [6, 6.07) is 0. The lowest BCUT2D eigenvalue weighted by Gasteiger charge is -2.22. The Kier molecular flexibility index (Phi) is 16.5. The lowest BCUT2D eigenvalue weighted by molar-refractivity contribution is -0.102. The number of rotatable bonds is 18. The van der Waals surface area contributed by atoms with E-state index in [0.29, 0.717) is 46.1 Å². The van der Waals surface area contributed by atoms with Crippen LogP contribution in [0.2, 0.25) is 0 Å². The van der Waals surface area contributed by atoms with Crippen LogP contribution < -0.4 is 0 Å². The van der Waals surface area contributed by atoms with E-state index in [1.165, 1.54) is 0 Å². The fourth-order valence-electron chi connectivity index (χ4n) is 2.07. The predicted octanol–water partition coefficient (Wildman–Crippen LogP) is 2.43. The SMILES string of the molecule is CCC(O)COC(C)COC(C)COC(C)COC(C)COC(C)COC. The molecule has 6 unspecified atom stereocenters. The van der Waals surface area contributed by atoms with E-state index in [9.17, 15) is 5.11 Å². The maximum absolute atomic E-state index is 9.49. The molecule has 27 heavy (non-hydrogen) atoms. The minimum absolute atomic E-state index is 0.000462. The van der Waals surface area contributed by atoms with Gasteiger partial charge in [0.1, 0.15) is 0 Å². The molecule has 7 nitrogen and oxygen atoms in total. The van der Waals surface area contributed by atoms with Crippen LogP contribution in [-0.2, 0) is 28.4 Å². The van der Waals surface area contributed by atoms with Gasteiger partial charge >= 0.3 is 0 Å². The number of methoxy groups -OCH3 is 1. The average molecular weight is 395 g/mol. The molecule has 0 aliphatic rings. The molecule has 0 aromatic heterocycles. The van der Waals surface area contributed by atoms with Crippen molar-refractivity contribution < 1.29 is 33.5 Å². The van der Waals surface area contributed by atoms with Gasteiger partial charge in [0.25, 0.3) is 0 Å². The molecule has 0 radical (unpaired) electrons. The topological polar surface area (TPSA) is 75.6 Å². The zero-order valence-corrected chi connectivity index (χ0v) is 18.3. The summed E-state index contributed by atoms with van der Waals surface area (Å²) >= 11 is 0. The number of aliphatic hydroxyl groups excluding tert-OH is 1. The summed E-state index contributed by atoms with van der Waals surface area (Å²) in [6.45, 7) is 14.7. The van der Waals surface area contributed by atoms with Crippen LogP contribution in [0, 0.1) is 0 Å². The molecule has 6 atom stereocenters. The van der Waals surface area contributed by atoms with E-state index < -0.39 is 6.10 Å². The Morgan fingerprint density at radius 3 is 1.15 bits per heavy atom. The van der Waals surface area contributed by atoms with Crippen LogP contribution in [0.25, 0.3) is 0 Å². The molecular formula is C20H42O7. The van der Waals surface area contributed by atoms with Gasteiger partial charge in [-0.15, -0.1) is 0 Å². The molecule has 0 aliphatic carbocycles. The maximum atomic E-state index is 9.49. The van der Waals surface area contributed by atoms with Crippen molar-refractivity contribution in [3.8, 4) is 0 Å². The highest BCUT2D eigenvalue weighted by atomic mass is 16.6. The van der Waals surface area contributed by atoms with E-state index in [1.54, 1.807) is 7.11 Å². The molecule has 0 spiro atoms. The second-order valence-electron chi connectivity index (χ2n) is 7.24. The van der Waals surface area contributed by atoms with E-state index in [2.05, 4.69) is 0 Å². The van der Waals surface area contributed by atoms with Crippen molar-refractivity contribution in [3.63, 3.8) is 0 Å². The molecule has 0 aliphatic heterocycles. The first-order chi connectivity index (χ1) is 12.8. The fraction of sp³-hybridized carbons (Fsp3) is 1.00. The molecule has 164 valence electrons. The van der Waals surface area contributed by atoms with E-state index in [0.717, 1.165) is 0 Å². The quantitative estimate of drug-likeness (QED) is 0.383. The standard InChI is InChI=1S/C20H42O7/c1-8-20(21)14-27-19(6)13-26-18(5)12-25-17(4)11-24-16(3)10-23-15(2)9-22-7/h15-21H,8-14H2,1-7H3. The third-order valence-corrected chi connectivity index (χ3v) is 3.91. The summed E-state index contributed by atoms with van der Waals surface area (Å²) in [5, 5.41) is 9.49. The third kappa shape index (κ3) is 16.4. The molecule has 0 amide bonds. The van der Waals surface area contributed by atoms with Gasteiger partial charge in [0, 0.05) is 7.11 Å². The van der Waals surface area contributed by atoms with Gasteiger partial charge in [0.2, 0.25) is 0 Å². The molecular weight excluding hydrogens is 352 g/mol. The first-order valence-corrected chi connectivity index (χ1v) is 10.0. The van der Waals surface area contributed by atoms with Crippen molar-refractivity contribution in [2.24, 2.45) is 0 Å². The maximum Gasteiger partial charge on any atom is 0.0781 e. The van der Waals surface area contributed by atoms with Crippen LogP contribution >= 0.6 is 0 Å². The highest BCUT2D eigenvalue weighted by molar-refractivity contribution is 4.58. The van der Waals surface area contributed by atoms with Gasteiger partial charge in [0.15, 0.2) is 0 Å². The molecule has 0 fully saturated rings. The van der Waals surface area contributed by atoms with E-state index in [4.69, 9.17) is 28.4 Å². The Labute approximate surface area is 165 Å². The molecule has 1 N–H and O–H groups in total. The van der Waals surface area contributed by atoms with E-state index in [-0.39, 0.29) is 30.5 Å². The van der Waals surface area contributed by atoms with Crippen molar-refractivity contribution in [1.29, 1.82) is 0 Å². The predicted molar refractivity (Wildman–Crippen MR) is 105 cm³/mol. The van der Waals surface area contributed by atoms with Gasteiger partial charge in [0.05, 0.1) is 76.3 Å². The Morgan fingerprint density at radius 2 is 0.852 bits per heavy atom. The second kappa shape index (κ2) is 16.7. The van der Waals surface area contributed by atoms with Crippen molar-refractivity contribution in [3.05, 3.63) is 0 Å². The summed E-state index contributed by atoms with van der Waals surface area (Å²) < 4.78 is 33.5. The van der Waals surface area contributed by atoms with Gasteiger partial charge in [-0.3, -0.25) is 0 Å². The number of aliphatic hydroxyl groups is 1. The molecule has 0 rings (SSSR count). The summed E-state index contributed by atoms with van der Waals surface area (Å²) in [4.78, 5) is 0. The summed E-state index contributed by atoms with van der Waals surface area (Å²) in [7, 11) is 1.66. The molecule has 0 aromatic rings. The van der Waals surface area contributed by atoms with Gasteiger partial charge in [-0.25, -0.2) is 0 Å². The lowest BCUT2D eigenvalue weighted by Crippen LogP contribution is -2.29. The summed E-state index contributed by atoms with van der Waals surface area (Å²) in [6.07, 6.45) is 0.216. The highest BCUT2D eigenvalue weighted by Crippen LogP contribution is 2.04.